The Morgan fingerprint density at radius 3 is 2.03 bits per heavy atom. The fourth-order valence-electron chi connectivity index (χ4n) is 3.98. The Morgan fingerprint density at radius 1 is 0.903 bits per heavy atom. The Labute approximate surface area is 190 Å². The van der Waals surface area contributed by atoms with Crippen molar-refractivity contribution in [1.29, 1.82) is 0 Å². The highest BCUT2D eigenvalue weighted by molar-refractivity contribution is 6.12. The molecule has 31 heavy (non-hydrogen) atoms. The van der Waals surface area contributed by atoms with E-state index in [1.807, 2.05) is 6.92 Å². The number of Topliss-reactive ketones (excluding diaryl/α,β-unsaturated/α-hetero) is 2. The molecule has 174 valence electrons. The molecule has 0 heterocycles. The molecule has 0 aromatic carbocycles. The number of aliphatic hydroxyl groups is 1. The van der Waals surface area contributed by atoms with Gasteiger partial charge in [-0.15, -0.1) is 0 Å². The molecule has 2 unspecified atom stereocenters. The number of hydrogen-bond donors (Lipinski definition) is 1. The Hall–Kier alpha value is -1.74. The summed E-state index contributed by atoms with van der Waals surface area (Å²) in [5.74, 6) is -0.124. The molecular weight excluding hydrogens is 384 g/mol. The van der Waals surface area contributed by atoms with E-state index in [0.29, 0.717) is 36.8 Å². The highest BCUT2D eigenvalue weighted by atomic mass is 16.3. The Balaban J connectivity index is 2.39. The van der Waals surface area contributed by atoms with Crippen LogP contribution in [0.5, 0.6) is 0 Å². The van der Waals surface area contributed by atoms with Crippen LogP contribution >= 0.6 is 0 Å². The largest absolute Gasteiger partial charge is 0.390 e. The van der Waals surface area contributed by atoms with E-state index in [4.69, 9.17) is 0 Å². The van der Waals surface area contributed by atoms with Crippen LogP contribution < -0.4 is 0 Å². The summed E-state index contributed by atoms with van der Waals surface area (Å²) in [7, 11) is 0. The number of carbonyl (C=O) groups excluding carboxylic acids is 2. The lowest BCUT2D eigenvalue weighted by Crippen LogP contribution is -2.30. The molecule has 0 radical (unpaired) electrons. The van der Waals surface area contributed by atoms with Crippen molar-refractivity contribution < 1.29 is 14.7 Å². The smallest absolute Gasteiger partial charge is 0.162 e. The molecule has 1 aliphatic rings. The summed E-state index contributed by atoms with van der Waals surface area (Å²) in [5.41, 5.74) is 4.57. The molecule has 2 atom stereocenters. The normalized spacial score (nSPS) is 20.2. The van der Waals surface area contributed by atoms with E-state index in [2.05, 4.69) is 45.9 Å². The molecule has 1 aliphatic carbocycles. The van der Waals surface area contributed by atoms with E-state index in [0.717, 1.165) is 32.1 Å². The summed E-state index contributed by atoms with van der Waals surface area (Å²) in [6.45, 7) is 14.0. The first-order valence-corrected chi connectivity index (χ1v) is 11.8. The van der Waals surface area contributed by atoms with Gasteiger partial charge in [0.15, 0.2) is 11.6 Å². The minimum atomic E-state index is -0.814. The van der Waals surface area contributed by atoms with Crippen LogP contribution in [0.25, 0.3) is 0 Å². The SMILES string of the molecule is CC(C)=CCC/C(C)=C/CC/C(C)=C/CCC(C)(O)CCC1CC(=O)C(C)=C(C)C1=O. The molecule has 1 N–H and O–H groups in total. The van der Waals surface area contributed by atoms with E-state index >= 15 is 0 Å². The zero-order chi connectivity index (χ0) is 23.6. The Morgan fingerprint density at radius 2 is 1.45 bits per heavy atom. The molecule has 0 bridgehead atoms. The fraction of sp³-hybridized carbons (Fsp3) is 0.643. The summed E-state index contributed by atoms with van der Waals surface area (Å²) in [6.07, 6.45) is 14.1. The van der Waals surface area contributed by atoms with Crippen LogP contribution in [0, 0.1) is 5.92 Å². The zero-order valence-corrected chi connectivity index (χ0v) is 20.9. The van der Waals surface area contributed by atoms with Gasteiger partial charge < -0.3 is 5.11 Å². The summed E-state index contributed by atoms with van der Waals surface area (Å²) < 4.78 is 0. The van der Waals surface area contributed by atoms with Gasteiger partial charge in [0.05, 0.1) is 5.60 Å². The van der Waals surface area contributed by atoms with Crippen LogP contribution in [0.4, 0.5) is 0 Å². The van der Waals surface area contributed by atoms with E-state index in [1.165, 1.54) is 16.7 Å². The lowest BCUT2D eigenvalue weighted by Gasteiger charge is -2.27. The molecule has 0 aromatic rings. The van der Waals surface area contributed by atoms with E-state index < -0.39 is 5.60 Å². The van der Waals surface area contributed by atoms with Crippen LogP contribution in [0.2, 0.25) is 0 Å². The fourth-order valence-corrected chi connectivity index (χ4v) is 3.98. The van der Waals surface area contributed by atoms with Crippen molar-refractivity contribution in [1.82, 2.24) is 0 Å². The molecule has 0 amide bonds. The standard InChI is InChI=1S/C28H44O3/c1-20(2)11-8-12-21(3)13-9-14-22(4)15-10-17-28(7,31)18-16-25-19-26(29)23(5)24(6)27(25)30/h11,13,15,25,31H,8-10,12,14,16-19H2,1-7H3/b21-13+,22-15+. The van der Waals surface area contributed by atoms with Gasteiger partial charge in [-0.25, -0.2) is 0 Å². The first-order chi connectivity index (χ1) is 14.4. The average molecular weight is 429 g/mol. The highest BCUT2D eigenvalue weighted by Gasteiger charge is 2.32. The summed E-state index contributed by atoms with van der Waals surface area (Å²) in [4.78, 5) is 24.5. The van der Waals surface area contributed by atoms with Gasteiger partial charge >= 0.3 is 0 Å². The first kappa shape index (κ1) is 27.3. The first-order valence-electron chi connectivity index (χ1n) is 11.8. The van der Waals surface area contributed by atoms with E-state index in [1.54, 1.807) is 13.8 Å². The maximum Gasteiger partial charge on any atom is 0.162 e. The van der Waals surface area contributed by atoms with Crippen molar-refractivity contribution in [3.8, 4) is 0 Å². The molecule has 1 rings (SSSR count). The maximum atomic E-state index is 12.4. The molecular formula is C28H44O3. The van der Waals surface area contributed by atoms with Gasteiger partial charge in [-0.05, 0) is 111 Å². The van der Waals surface area contributed by atoms with Crippen LogP contribution in [-0.2, 0) is 9.59 Å². The van der Waals surface area contributed by atoms with Gasteiger partial charge in [0, 0.05) is 12.3 Å². The third kappa shape index (κ3) is 10.4. The monoisotopic (exact) mass is 428 g/mol. The minimum Gasteiger partial charge on any atom is -0.390 e. The van der Waals surface area contributed by atoms with Crippen LogP contribution in [0.15, 0.2) is 46.1 Å². The van der Waals surface area contributed by atoms with Crippen molar-refractivity contribution in [2.24, 2.45) is 5.92 Å². The van der Waals surface area contributed by atoms with Crippen LogP contribution in [0.1, 0.15) is 106 Å². The van der Waals surface area contributed by atoms with Crippen molar-refractivity contribution in [3.05, 3.63) is 46.1 Å². The lowest BCUT2D eigenvalue weighted by molar-refractivity contribution is -0.126. The van der Waals surface area contributed by atoms with Gasteiger partial charge in [-0.3, -0.25) is 9.59 Å². The third-order valence-corrected chi connectivity index (χ3v) is 6.48. The molecule has 0 saturated heterocycles. The van der Waals surface area contributed by atoms with Crippen molar-refractivity contribution >= 4 is 11.6 Å². The highest BCUT2D eigenvalue weighted by Crippen LogP contribution is 2.30. The Kier molecular flexibility index (Phi) is 11.4. The second-order valence-electron chi connectivity index (χ2n) is 9.97. The number of carbonyl (C=O) groups is 2. The minimum absolute atomic E-state index is 0.0709. The molecule has 0 spiro atoms. The van der Waals surface area contributed by atoms with Gasteiger partial charge in [0.2, 0.25) is 0 Å². The van der Waals surface area contributed by atoms with E-state index in [9.17, 15) is 14.7 Å². The second-order valence-corrected chi connectivity index (χ2v) is 9.97. The molecule has 0 aromatic heterocycles. The quantitative estimate of drug-likeness (QED) is 0.334. The van der Waals surface area contributed by atoms with Gasteiger partial charge in [0.1, 0.15) is 0 Å². The van der Waals surface area contributed by atoms with Gasteiger partial charge in [-0.2, -0.15) is 0 Å². The molecule has 3 nitrogen and oxygen atoms in total. The topological polar surface area (TPSA) is 54.4 Å². The third-order valence-electron chi connectivity index (χ3n) is 6.48. The Bertz CT molecular complexity index is 755. The number of ketones is 2. The molecule has 0 saturated carbocycles. The van der Waals surface area contributed by atoms with Crippen molar-refractivity contribution in [3.63, 3.8) is 0 Å². The molecule has 3 heteroatoms. The molecule has 0 fully saturated rings. The lowest BCUT2D eigenvalue weighted by atomic mass is 9.78. The number of hydrogen-bond acceptors (Lipinski definition) is 3. The average Bonchev–Trinajstić information content (AvgIpc) is 2.67. The second kappa shape index (κ2) is 13.0. The van der Waals surface area contributed by atoms with Gasteiger partial charge in [0.25, 0.3) is 0 Å². The molecule has 0 aliphatic heterocycles. The predicted molar refractivity (Wildman–Crippen MR) is 131 cm³/mol. The van der Waals surface area contributed by atoms with Gasteiger partial charge in [-0.1, -0.05) is 34.9 Å². The summed E-state index contributed by atoms with van der Waals surface area (Å²) in [6, 6.07) is 0. The summed E-state index contributed by atoms with van der Waals surface area (Å²) >= 11 is 0. The van der Waals surface area contributed by atoms with Crippen molar-refractivity contribution in [2.75, 3.05) is 0 Å². The predicted octanol–water partition coefficient (Wildman–Crippen LogP) is 7.21. The summed E-state index contributed by atoms with van der Waals surface area (Å²) in [5, 5.41) is 10.7. The zero-order valence-electron chi connectivity index (χ0n) is 20.9. The van der Waals surface area contributed by atoms with Crippen molar-refractivity contribution in [2.45, 2.75) is 112 Å². The van der Waals surface area contributed by atoms with Crippen LogP contribution in [0.3, 0.4) is 0 Å². The maximum absolute atomic E-state index is 12.4. The van der Waals surface area contributed by atoms with E-state index in [-0.39, 0.29) is 17.5 Å². The number of rotatable bonds is 12. The van der Waals surface area contributed by atoms with Crippen LogP contribution in [-0.4, -0.2) is 22.3 Å². The number of allylic oxidation sites excluding steroid dienone is 8.